The van der Waals surface area contributed by atoms with Crippen LogP contribution in [0.4, 0.5) is 4.79 Å². The summed E-state index contributed by atoms with van der Waals surface area (Å²) in [6, 6.07) is 0. The molecule has 1 amide bonds. The van der Waals surface area contributed by atoms with Gasteiger partial charge in [0.15, 0.2) is 8.32 Å². The molecule has 23 heavy (non-hydrogen) atoms. The Morgan fingerprint density at radius 3 is 2.04 bits per heavy atom. The van der Waals surface area contributed by atoms with E-state index in [0.29, 0.717) is 12.5 Å². The maximum absolute atomic E-state index is 12.1. The van der Waals surface area contributed by atoms with Crippen LogP contribution in [-0.2, 0) is 9.16 Å². The fraction of sp³-hybridized carbons (Fsp3) is 0.944. The molecule has 1 rings (SSSR count). The number of hydrogen-bond donors (Lipinski definition) is 1. The summed E-state index contributed by atoms with van der Waals surface area (Å²) in [5.74, 6) is 0.570. The standard InChI is InChI=1S/C18H37NO3Si/c1-14(2)17(6,7)23(8,9)21-13-18(11-10-12-18)19-15(20)22-16(3,4)5/h14H,10-13H2,1-9H3,(H,19,20). The molecule has 0 spiro atoms. The van der Waals surface area contributed by atoms with Crippen LogP contribution >= 0.6 is 0 Å². The van der Waals surface area contributed by atoms with E-state index in [1.807, 2.05) is 20.8 Å². The predicted octanol–water partition coefficient (Wildman–Crippen LogP) is 5.09. The highest BCUT2D eigenvalue weighted by atomic mass is 28.4. The number of alkyl carbamates (subject to hydrolysis) is 1. The van der Waals surface area contributed by atoms with Crippen LogP contribution in [0, 0.1) is 5.92 Å². The van der Waals surface area contributed by atoms with Gasteiger partial charge in [-0.2, -0.15) is 0 Å². The molecular formula is C18H37NO3Si. The van der Waals surface area contributed by atoms with E-state index in [2.05, 4.69) is 46.1 Å². The van der Waals surface area contributed by atoms with Crippen molar-refractivity contribution < 1.29 is 14.0 Å². The molecular weight excluding hydrogens is 306 g/mol. The van der Waals surface area contributed by atoms with Gasteiger partial charge in [-0.3, -0.25) is 0 Å². The Hall–Kier alpha value is -0.553. The van der Waals surface area contributed by atoms with Gasteiger partial charge in [0.1, 0.15) is 5.60 Å². The summed E-state index contributed by atoms with van der Waals surface area (Å²) in [6.45, 7) is 20.0. The molecule has 1 fully saturated rings. The number of carbonyl (C=O) groups excluding carboxylic acids is 1. The van der Waals surface area contributed by atoms with Crippen molar-refractivity contribution in [2.75, 3.05) is 6.61 Å². The molecule has 0 unspecified atom stereocenters. The minimum atomic E-state index is -1.88. The average Bonchev–Trinajstić information content (AvgIpc) is 2.29. The molecule has 0 aromatic carbocycles. The molecule has 0 bridgehead atoms. The van der Waals surface area contributed by atoms with Gasteiger partial charge in [0.2, 0.25) is 0 Å². The third-order valence-electron chi connectivity index (χ3n) is 5.78. The Morgan fingerprint density at radius 1 is 1.17 bits per heavy atom. The topological polar surface area (TPSA) is 47.6 Å². The van der Waals surface area contributed by atoms with Gasteiger partial charge >= 0.3 is 6.09 Å². The lowest BCUT2D eigenvalue weighted by Crippen LogP contribution is -2.60. The molecule has 1 aliphatic rings. The first-order valence-electron chi connectivity index (χ1n) is 8.86. The largest absolute Gasteiger partial charge is 0.444 e. The summed E-state index contributed by atoms with van der Waals surface area (Å²) < 4.78 is 11.9. The SMILES string of the molecule is CC(C)C(C)(C)[Si](C)(C)OCC1(NC(=O)OC(C)(C)C)CCC1. The van der Waals surface area contributed by atoms with Crippen LogP contribution in [0.15, 0.2) is 0 Å². The van der Waals surface area contributed by atoms with Crippen molar-refractivity contribution in [3.05, 3.63) is 0 Å². The average molecular weight is 344 g/mol. The summed E-state index contributed by atoms with van der Waals surface area (Å²) >= 11 is 0. The van der Waals surface area contributed by atoms with E-state index in [1.54, 1.807) is 0 Å². The van der Waals surface area contributed by atoms with Crippen LogP contribution in [-0.4, -0.2) is 32.2 Å². The lowest BCUT2D eigenvalue weighted by atomic mass is 9.77. The summed E-state index contributed by atoms with van der Waals surface area (Å²) in [5, 5.41) is 3.26. The number of ether oxygens (including phenoxy) is 1. The van der Waals surface area contributed by atoms with E-state index in [1.165, 1.54) is 0 Å². The molecule has 1 aliphatic carbocycles. The van der Waals surface area contributed by atoms with E-state index >= 15 is 0 Å². The van der Waals surface area contributed by atoms with Crippen molar-refractivity contribution in [3.63, 3.8) is 0 Å². The van der Waals surface area contributed by atoms with Crippen LogP contribution in [0.2, 0.25) is 18.1 Å². The van der Waals surface area contributed by atoms with Gasteiger partial charge in [-0.15, -0.1) is 0 Å². The molecule has 0 radical (unpaired) electrons. The molecule has 0 atom stereocenters. The zero-order valence-corrected chi connectivity index (χ0v) is 17.6. The quantitative estimate of drug-likeness (QED) is 0.683. The Morgan fingerprint density at radius 2 is 1.70 bits per heavy atom. The van der Waals surface area contributed by atoms with Gasteiger partial charge in [-0.1, -0.05) is 27.7 Å². The molecule has 136 valence electrons. The Balaban J connectivity index is 2.68. The second kappa shape index (κ2) is 6.75. The number of hydrogen-bond acceptors (Lipinski definition) is 3. The van der Waals surface area contributed by atoms with Gasteiger partial charge in [0.05, 0.1) is 12.1 Å². The molecule has 0 aromatic heterocycles. The minimum absolute atomic E-state index is 0.184. The smallest absolute Gasteiger partial charge is 0.408 e. The molecule has 0 heterocycles. The first-order chi connectivity index (χ1) is 10.2. The number of carbonyl (C=O) groups is 1. The molecule has 1 saturated carbocycles. The molecule has 0 aliphatic heterocycles. The maximum atomic E-state index is 12.1. The second-order valence-electron chi connectivity index (χ2n) is 9.44. The molecule has 1 N–H and O–H groups in total. The van der Waals surface area contributed by atoms with E-state index < -0.39 is 13.9 Å². The van der Waals surface area contributed by atoms with Crippen molar-refractivity contribution in [3.8, 4) is 0 Å². The van der Waals surface area contributed by atoms with Gasteiger partial charge in [-0.05, 0) is 64.1 Å². The van der Waals surface area contributed by atoms with Crippen molar-refractivity contribution in [1.82, 2.24) is 5.32 Å². The zero-order chi connectivity index (χ0) is 18.1. The van der Waals surface area contributed by atoms with Crippen molar-refractivity contribution in [2.45, 2.75) is 97.0 Å². The Bertz CT molecular complexity index is 420. The molecule has 0 saturated heterocycles. The van der Waals surface area contributed by atoms with Crippen LogP contribution in [0.3, 0.4) is 0 Å². The van der Waals surface area contributed by atoms with Crippen LogP contribution in [0.5, 0.6) is 0 Å². The monoisotopic (exact) mass is 343 g/mol. The number of amides is 1. The lowest BCUT2D eigenvalue weighted by molar-refractivity contribution is 0.0275. The summed E-state index contributed by atoms with van der Waals surface area (Å²) in [4.78, 5) is 12.1. The normalized spacial score (nSPS) is 18.5. The predicted molar refractivity (Wildman–Crippen MR) is 98.3 cm³/mol. The number of nitrogens with one attached hydrogen (secondary N) is 1. The zero-order valence-electron chi connectivity index (χ0n) is 16.6. The van der Waals surface area contributed by atoms with Gasteiger partial charge in [0.25, 0.3) is 0 Å². The van der Waals surface area contributed by atoms with E-state index in [-0.39, 0.29) is 16.7 Å². The van der Waals surface area contributed by atoms with Gasteiger partial charge in [-0.25, -0.2) is 4.79 Å². The van der Waals surface area contributed by atoms with Crippen molar-refractivity contribution in [2.24, 2.45) is 5.92 Å². The van der Waals surface area contributed by atoms with Crippen molar-refractivity contribution in [1.29, 1.82) is 0 Å². The third kappa shape index (κ3) is 5.21. The minimum Gasteiger partial charge on any atom is -0.444 e. The Labute approximate surface area is 143 Å². The van der Waals surface area contributed by atoms with E-state index in [4.69, 9.17) is 9.16 Å². The summed E-state index contributed by atoms with van der Waals surface area (Å²) in [6.07, 6.45) is 2.75. The van der Waals surface area contributed by atoms with Gasteiger partial charge < -0.3 is 14.5 Å². The number of rotatable bonds is 6. The van der Waals surface area contributed by atoms with Crippen molar-refractivity contribution >= 4 is 14.4 Å². The molecule has 0 aromatic rings. The first kappa shape index (κ1) is 20.5. The highest BCUT2D eigenvalue weighted by Crippen LogP contribution is 2.45. The Kier molecular flexibility index (Phi) is 6.01. The van der Waals surface area contributed by atoms with Gasteiger partial charge in [0, 0.05) is 0 Å². The van der Waals surface area contributed by atoms with Crippen LogP contribution in [0.25, 0.3) is 0 Å². The molecule has 5 heteroatoms. The lowest BCUT2D eigenvalue weighted by Gasteiger charge is -2.48. The second-order valence-corrected chi connectivity index (χ2v) is 14.0. The van der Waals surface area contributed by atoms with Crippen LogP contribution < -0.4 is 5.32 Å². The van der Waals surface area contributed by atoms with E-state index in [0.717, 1.165) is 19.3 Å². The van der Waals surface area contributed by atoms with Crippen LogP contribution in [0.1, 0.15) is 67.7 Å². The first-order valence-corrected chi connectivity index (χ1v) is 11.8. The fourth-order valence-corrected chi connectivity index (χ4v) is 5.03. The maximum Gasteiger partial charge on any atom is 0.408 e. The van der Waals surface area contributed by atoms with E-state index in [9.17, 15) is 4.79 Å². The summed E-state index contributed by atoms with van der Waals surface area (Å²) in [5.41, 5.74) is -0.705. The summed E-state index contributed by atoms with van der Waals surface area (Å²) in [7, 11) is -1.88. The molecule has 4 nitrogen and oxygen atoms in total. The highest BCUT2D eigenvalue weighted by molar-refractivity contribution is 6.74. The highest BCUT2D eigenvalue weighted by Gasteiger charge is 2.47. The third-order valence-corrected chi connectivity index (χ3v) is 10.3. The fourth-order valence-electron chi connectivity index (χ4n) is 2.63.